The summed E-state index contributed by atoms with van der Waals surface area (Å²) in [6.07, 6.45) is 4.06. The SMILES string of the molecule is Cc1cccc(-c2nc(CNC3CCc4ccccc43)co2)c1. The normalized spacial score (nSPS) is 16.5. The maximum absolute atomic E-state index is 5.64. The first-order valence-corrected chi connectivity index (χ1v) is 8.12. The Morgan fingerprint density at radius 1 is 1.17 bits per heavy atom. The number of benzene rings is 2. The summed E-state index contributed by atoms with van der Waals surface area (Å²) in [5.74, 6) is 0.692. The van der Waals surface area contributed by atoms with Gasteiger partial charge in [0.05, 0.1) is 5.69 Å². The zero-order valence-electron chi connectivity index (χ0n) is 13.3. The fourth-order valence-corrected chi connectivity index (χ4v) is 3.30. The van der Waals surface area contributed by atoms with Crippen molar-refractivity contribution in [2.75, 3.05) is 0 Å². The molecule has 3 nitrogen and oxygen atoms in total. The van der Waals surface area contributed by atoms with Crippen LogP contribution in [-0.2, 0) is 13.0 Å². The average molecular weight is 304 g/mol. The number of hydrogen-bond donors (Lipinski definition) is 1. The molecule has 1 aromatic heterocycles. The molecule has 0 aliphatic heterocycles. The molecule has 0 spiro atoms. The molecule has 0 saturated carbocycles. The Morgan fingerprint density at radius 2 is 2.09 bits per heavy atom. The third-order valence-corrected chi connectivity index (χ3v) is 4.48. The van der Waals surface area contributed by atoms with Crippen LogP contribution in [0.5, 0.6) is 0 Å². The molecule has 23 heavy (non-hydrogen) atoms. The Bertz CT molecular complexity index is 822. The maximum atomic E-state index is 5.64. The second-order valence-electron chi connectivity index (χ2n) is 6.18. The molecule has 3 heteroatoms. The van der Waals surface area contributed by atoms with Gasteiger partial charge in [-0.2, -0.15) is 0 Å². The minimum absolute atomic E-state index is 0.422. The van der Waals surface area contributed by atoms with Gasteiger partial charge in [-0.15, -0.1) is 0 Å². The van der Waals surface area contributed by atoms with Gasteiger partial charge in [-0.3, -0.25) is 0 Å². The first-order valence-electron chi connectivity index (χ1n) is 8.12. The van der Waals surface area contributed by atoms with Crippen molar-refractivity contribution >= 4 is 0 Å². The Labute approximate surface area is 136 Å². The van der Waals surface area contributed by atoms with Gasteiger partial charge in [-0.1, -0.05) is 42.0 Å². The highest BCUT2D eigenvalue weighted by molar-refractivity contribution is 5.54. The zero-order valence-corrected chi connectivity index (χ0v) is 13.3. The molecule has 0 fully saturated rings. The van der Waals surface area contributed by atoms with Gasteiger partial charge >= 0.3 is 0 Å². The van der Waals surface area contributed by atoms with Crippen molar-refractivity contribution < 1.29 is 4.42 Å². The summed E-state index contributed by atoms with van der Waals surface area (Å²) in [5, 5.41) is 3.61. The largest absolute Gasteiger partial charge is 0.444 e. The molecule has 0 radical (unpaired) electrons. The van der Waals surface area contributed by atoms with Crippen LogP contribution in [-0.4, -0.2) is 4.98 Å². The van der Waals surface area contributed by atoms with Crippen LogP contribution in [0.15, 0.2) is 59.2 Å². The van der Waals surface area contributed by atoms with E-state index in [0.29, 0.717) is 11.9 Å². The molecule has 0 saturated heterocycles. The van der Waals surface area contributed by atoms with Gasteiger partial charge in [0.1, 0.15) is 6.26 Å². The first-order chi connectivity index (χ1) is 11.3. The van der Waals surface area contributed by atoms with Crippen molar-refractivity contribution in [1.82, 2.24) is 10.3 Å². The molecule has 1 N–H and O–H groups in total. The molecule has 0 bridgehead atoms. The summed E-state index contributed by atoms with van der Waals surface area (Å²) in [6, 6.07) is 17.3. The maximum Gasteiger partial charge on any atom is 0.226 e. The highest BCUT2D eigenvalue weighted by atomic mass is 16.3. The van der Waals surface area contributed by atoms with Crippen LogP contribution in [0.25, 0.3) is 11.5 Å². The summed E-state index contributed by atoms with van der Waals surface area (Å²) in [7, 11) is 0. The lowest BCUT2D eigenvalue weighted by Crippen LogP contribution is -2.18. The van der Waals surface area contributed by atoms with Crippen LogP contribution < -0.4 is 5.32 Å². The number of aryl methyl sites for hydroxylation is 2. The van der Waals surface area contributed by atoms with Crippen LogP contribution >= 0.6 is 0 Å². The standard InChI is InChI=1S/C20H20N2O/c1-14-5-4-7-16(11-14)20-22-17(13-23-20)12-21-19-10-9-15-6-2-3-8-18(15)19/h2-8,11,13,19,21H,9-10,12H2,1H3. The number of nitrogens with zero attached hydrogens (tertiary/aromatic N) is 1. The van der Waals surface area contributed by atoms with Crippen molar-refractivity contribution in [2.45, 2.75) is 32.4 Å². The molecule has 4 rings (SSSR count). The summed E-state index contributed by atoms with van der Waals surface area (Å²) in [5.41, 5.74) is 6.08. The van der Waals surface area contributed by atoms with Gasteiger partial charge in [-0.05, 0) is 43.0 Å². The van der Waals surface area contributed by atoms with E-state index in [2.05, 4.69) is 53.6 Å². The number of oxazole rings is 1. The Kier molecular flexibility index (Phi) is 3.72. The monoisotopic (exact) mass is 304 g/mol. The van der Waals surface area contributed by atoms with Gasteiger partial charge < -0.3 is 9.73 Å². The fraction of sp³-hybridized carbons (Fsp3) is 0.250. The molecular weight excluding hydrogens is 284 g/mol. The number of fused-ring (bicyclic) bond motifs is 1. The van der Waals surface area contributed by atoms with E-state index < -0.39 is 0 Å². The van der Waals surface area contributed by atoms with E-state index in [9.17, 15) is 0 Å². The molecule has 0 amide bonds. The van der Waals surface area contributed by atoms with Gasteiger partial charge in [0, 0.05) is 18.2 Å². The number of rotatable bonds is 4. The minimum atomic E-state index is 0.422. The van der Waals surface area contributed by atoms with E-state index in [1.165, 1.54) is 16.7 Å². The minimum Gasteiger partial charge on any atom is -0.444 e. The lowest BCUT2D eigenvalue weighted by atomic mass is 10.1. The van der Waals surface area contributed by atoms with Crippen LogP contribution in [0.4, 0.5) is 0 Å². The van der Waals surface area contributed by atoms with Crippen molar-refractivity contribution in [1.29, 1.82) is 0 Å². The summed E-state index contributed by atoms with van der Waals surface area (Å²) in [4.78, 5) is 4.61. The Morgan fingerprint density at radius 3 is 3.00 bits per heavy atom. The quantitative estimate of drug-likeness (QED) is 0.775. The first kappa shape index (κ1) is 14.2. The second kappa shape index (κ2) is 6.01. The number of hydrogen-bond acceptors (Lipinski definition) is 3. The molecule has 1 heterocycles. The van der Waals surface area contributed by atoms with Gasteiger partial charge in [0.2, 0.25) is 5.89 Å². The fourth-order valence-electron chi connectivity index (χ4n) is 3.30. The van der Waals surface area contributed by atoms with E-state index in [4.69, 9.17) is 4.42 Å². The Balaban J connectivity index is 1.45. The average Bonchev–Trinajstić information content (AvgIpc) is 3.20. The summed E-state index contributed by atoms with van der Waals surface area (Å²) >= 11 is 0. The van der Waals surface area contributed by atoms with E-state index in [1.54, 1.807) is 6.26 Å². The van der Waals surface area contributed by atoms with E-state index in [-0.39, 0.29) is 0 Å². The van der Waals surface area contributed by atoms with Crippen LogP contribution in [0, 0.1) is 6.92 Å². The zero-order chi connectivity index (χ0) is 15.6. The lowest BCUT2D eigenvalue weighted by molar-refractivity contribution is 0.521. The number of aromatic nitrogens is 1. The number of nitrogens with one attached hydrogen (secondary N) is 1. The third-order valence-electron chi connectivity index (χ3n) is 4.48. The predicted octanol–water partition coefficient (Wildman–Crippen LogP) is 4.43. The summed E-state index contributed by atoms with van der Waals surface area (Å²) < 4.78 is 5.64. The van der Waals surface area contributed by atoms with E-state index >= 15 is 0 Å². The predicted molar refractivity (Wildman–Crippen MR) is 91.0 cm³/mol. The topological polar surface area (TPSA) is 38.1 Å². The third kappa shape index (κ3) is 2.92. The molecule has 1 unspecified atom stereocenters. The van der Waals surface area contributed by atoms with E-state index in [1.807, 2.05) is 12.1 Å². The van der Waals surface area contributed by atoms with Crippen molar-refractivity contribution in [3.05, 3.63) is 77.2 Å². The lowest BCUT2D eigenvalue weighted by Gasteiger charge is -2.12. The smallest absolute Gasteiger partial charge is 0.226 e. The van der Waals surface area contributed by atoms with Crippen molar-refractivity contribution in [2.24, 2.45) is 0 Å². The highest BCUT2D eigenvalue weighted by Gasteiger charge is 2.21. The van der Waals surface area contributed by atoms with Gasteiger partial charge in [-0.25, -0.2) is 4.98 Å². The molecule has 3 aromatic rings. The van der Waals surface area contributed by atoms with Gasteiger partial charge in [0.15, 0.2) is 0 Å². The van der Waals surface area contributed by atoms with Crippen LogP contribution in [0.2, 0.25) is 0 Å². The molecule has 1 aliphatic rings. The molecular formula is C20H20N2O. The summed E-state index contributed by atoms with van der Waals surface area (Å²) in [6.45, 7) is 2.81. The Hall–Kier alpha value is -2.39. The highest BCUT2D eigenvalue weighted by Crippen LogP contribution is 2.31. The molecule has 1 aliphatic carbocycles. The molecule has 2 aromatic carbocycles. The van der Waals surface area contributed by atoms with Crippen molar-refractivity contribution in [3.63, 3.8) is 0 Å². The van der Waals surface area contributed by atoms with Crippen molar-refractivity contribution in [3.8, 4) is 11.5 Å². The molecule has 1 atom stereocenters. The van der Waals surface area contributed by atoms with Crippen LogP contribution in [0.1, 0.15) is 34.8 Å². The molecule has 116 valence electrons. The van der Waals surface area contributed by atoms with Gasteiger partial charge in [0.25, 0.3) is 0 Å². The van der Waals surface area contributed by atoms with Crippen LogP contribution in [0.3, 0.4) is 0 Å². The van der Waals surface area contributed by atoms with E-state index in [0.717, 1.165) is 30.6 Å². The second-order valence-corrected chi connectivity index (χ2v) is 6.18.